The molecule has 4 heteroatoms. The zero-order chi connectivity index (χ0) is 15.4. The zero-order valence-electron chi connectivity index (χ0n) is 12.7. The van der Waals surface area contributed by atoms with Gasteiger partial charge in [0.15, 0.2) is 0 Å². The molecule has 0 aromatic heterocycles. The van der Waals surface area contributed by atoms with Crippen LogP contribution in [-0.2, 0) is 9.59 Å². The molecule has 1 aromatic rings. The molecule has 1 saturated carbocycles. The smallest absolute Gasteiger partial charge is 0.306 e. The standard InChI is InChI=1S/C17H23NO3/c1-3-18(15-6-4-5-12(2)11-15)16(19)13-7-9-14(10-8-13)17(20)21/h4-6,11,13-14H,3,7-10H2,1-2H3,(H,20,21). The van der Waals surface area contributed by atoms with Gasteiger partial charge in [-0.25, -0.2) is 0 Å². The predicted molar refractivity (Wildman–Crippen MR) is 82.3 cm³/mol. The monoisotopic (exact) mass is 289 g/mol. The Morgan fingerprint density at radius 2 is 1.81 bits per heavy atom. The summed E-state index contributed by atoms with van der Waals surface area (Å²) in [6.07, 6.45) is 2.57. The maximum atomic E-state index is 12.7. The lowest BCUT2D eigenvalue weighted by Gasteiger charge is -2.30. The number of aliphatic carboxylic acids is 1. The molecule has 114 valence electrons. The van der Waals surface area contributed by atoms with Gasteiger partial charge >= 0.3 is 5.97 Å². The molecule has 2 rings (SSSR count). The molecule has 1 fully saturated rings. The van der Waals surface area contributed by atoms with Crippen LogP contribution in [0.4, 0.5) is 5.69 Å². The van der Waals surface area contributed by atoms with E-state index in [1.165, 1.54) is 0 Å². The quantitative estimate of drug-likeness (QED) is 0.925. The van der Waals surface area contributed by atoms with Crippen LogP contribution < -0.4 is 4.90 Å². The highest BCUT2D eigenvalue weighted by Crippen LogP contribution is 2.31. The van der Waals surface area contributed by atoms with Crippen LogP contribution in [0.25, 0.3) is 0 Å². The molecule has 1 amide bonds. The third-order valence-corrected chi connectivity index (χ3v) is 4.32. The van der Waals surface area contributed by atoms with Gasteiger partial charge in [0.1, 0.15) is 0 Å². The molecule has 1 aliphatic rings. The molecule has 0 aliphatic heterocycles. The van der Waals surface area contributed by atoms with Crippen LogP contribution in [-0.4, -0.2) is 23.5 Å². The number of carbonyl (C=O) groups excluding carboxylic acids is 1. The van der Waals surface area contributed by atoms with Gasteiger partial charge in [-0.2, -0.15) is 0 Å². The average molecular weight is 289 g/mol. The summed E-state index contributed by atoms with van der Waals surface area (Å²) in [4.78, 5) is 25.5. The predicted octanol–water partition coefficient (Wildman–Crippen LogP) is 3.24. The molecular weight excluding hydrogens is 266 g/mol. The minimum Gasteiger partial charge on any atom is -0.481 e. The number of carbonyl (C=O) groups is 2. The number of carboxylic acid groups (broad SMARTS) is 1. The second-order valence-corrected chi connectivity index (χ2v) is 5.81. The van der Waals surface area contributed by atoms with Crippen molar-refractivity contribution < 1.29 is 14.7 Å². The van der Waals surface area contributed by atoms with E-state index >= 15 is 0 Å². The zero-order valence-corrected chi connectivity index (χ0v) is 12.7. The van der Waals surface area contributed by atoms with Gasteiger partial charge in [-0.05, 0) is 57.2 Å². The van der Waals surface area contributed by atoms with Crippen molar-refractivity contribution >= 4 is 17.6 Å². The Bertz CT molecular complexity index is 519. The third-order valence-electron chi connectivity index (χ3n) is 4.32. The summed E-state index contributed by atoms with van der Waals surface area (Å²) >= 11 is 0. The topological polar surface area (TPSA) is 57.6 Å². The number of hydrogen-bond acceptors (Lipinski definition) is 2. The van der Waals surface area contributed by atoms with E-state index in [0.717, 1.165) is 11.3 Å². The van der Waals surface area contributed by atoms with Crippen molar-refractivity contribution in [2.45, 2.75) is 39.5 Å². The minimum absolute atomic E-state index is 0.0407. The molecule has 0 radical (unpaired) electrons. The fourth-order valence-electron chi connectivity index (χ4n) is 3.07. The lowest BCUT2D eigenvalue weighted by molar-refractivity contribution is -0.144. The number of carboxylic acids is 1. The van der Waals surface area contributed by atoms with Crippen LogP contribution in [0.5, 0.6) is 0 Å². The second kappa shape index (κ2) is 6.74. The Morgan fingerprint density at radius 3 is 2.33 bits per heavy atom. The molecule has 0 saturated heterocycles. The lowest BCUT2D eigenvalue weighted by atomic mass is 9.81. The van der Waals surface area contributed by atoms with E-state index in [2.05, 4.69) is 0 Å². The first-order valence-corrected chi connectivity index (χ1v) is 7.63. The van der Waals surface area contributed by atoms with Crippen LogP contribution in [0.3, 0.4) is 0 Å². The van der Waals surface area contributed by atoms with E-state index in [-0.39, 0.29) is 17.7 Å². The van der Waals surface area contributed by atoms with Gasteiger partial charge < -0.3 is 10.0 Å². The van der Waals surface area contributed by atoms with Crippen molar-refractivity contribution in [3.05, 3.63) is 29.8 Å². The van der Waals surface area contributed by atoms with Crippen molar-refractivity contribution in [2.24, 2.45) is 11.8 Å². The Morgan fingerprint density at radius 1 is 1.19 bits per heavy atom. The second-order valence-electron chi connectivity index (χ2n) is 5.81. The first-order chi connectivity index (χ1) is 10.0. The van der Waals surface area contributed by atoms with Gasteiger partial charge in [-0.1, -0.05) is 12.1 Å². The summed E-state index contributed by atoms with van der Waals surface area (Å²) in [7, 11) is 0. The molecule has 0 heterocycles. The van der Waals surface area contributed by atoms with Gasteiger partial charge in [0.05, 0.1) is 5.92 Å². The Kier molecular flexibility index (Phi) is 4.99. The van der Waals surface area contributed by atoms with Crippen LogP contribution in [0.1, 0.15) is 38.2 Å². The number of amides is 1. The summed E-state index contributed by atoms with van der Waals surface area (Å²) in [6.45, 7) is 4.63. The van der Waals surface area contributed by atoms with E-state index < -0.39 is 5.97 Å². The number of benzene rings is 1. The first-order valence-electron chi connectivity index (χ1n) is 7.63. The lowest BCUT2D eigenvalue weighted by Crippen LogP contribution is -2.38. The molecule has 0 spiro atoms. The highest BCUT2D eigenvalue weighted by Gasteiger charge is 2.32. The fourth-order valence-corrected chi connectivity index (χ4v) is 3.07. The van der Waals surface area contributed by atoms with Crippen molar-refractivity contribution in [1.82, 2.24) is 0 Å². The van der Waals surface area contributed by atoms with Crippen LogP contribution in [0.2, 0.25) is 0 Å². The van der Waals surface area contributed by atoms with Gasteiger partial charge in [0.2, 0.25) is 5.91 Å². The van der Waals surface area contributed by atoms with Crippen molar-refractivity contribution in [2.75, 3.05) is 11.4 Å². The fraction of sp³-hybridized carbons (Fsp3) is 0.529. The summed E-state index contributed by atoms with van der Waals surface area (Å²) in [6, 6.07) is 7.95. The maximum absolute atomic E-state index is 12.7. The minimum atomic E-state index is -0.730. The average Bonchev–Trinajstić information content (AvgIpc) is 2.48. The third kappa shape index (κ3) is 3.63. The first kappa shape index (κ1) is 15.5. The van der Waals surface area contributed by atoms with E-state index in [4.69, 9.17) is 5.11 Å². The number of rotatable bonds is 4. The van der Waals surface area contributed by atoms with Crippen LogP contribution in [0.15, 0.2) is 24.3 Å². The van der Waals surface area contributed by atoms with Crippen molar-refractivity contribution in [3.63, 3.8) is 0 Å². The van der Waals surface area contributed by atoms with E-state index in [1.54, 1.807) is 0 Å². The van der Waals surface area contributed by atoms with E-state index in [9.17, 15) is 9.59 Å². The highest BCUT2D eigenvalue weighted by atomic mass is 16.4. The van der Waals surface area contributed by atoms with Gasteiger partial charge in [0.25, 0.3) is 0 Å². The van der Waals surface area contributed by atoms with Gasteiger partial charge in [-0.3, -0.25) is 9.59 Å². The molecule has 4 nitrogen and oxygen atoms in total. The normalized spacial score (nSPS) is 21.8. The highest BCUT2D eigenvalue weighted by molar-refractivity contribution is 5.95. The molecule has 1 N–H and O–H groups in total. The number of hydrogen-bond donors (Lipinski definition) is 1. The van der Waals surface area contributed by atoms with E-state index in [1.807, 2.05) is 43.0 Å². The van der Waals surface area contributed by atoms with Crippen molar-refractivity contribution in [1.29, 1.82) is 0 Å². The summed E-state index contributed by atoms with van der Waals surface area (Å²) < 4.78 is 0. The Labute approximate surface area is 125 Å². The molecule has 0 unspecified atom stereocenters. The molecular formula is C17H23NO3. The summed E-state index contributed by atoms with van der Waals surface area (Å²) in [5, 5.41) is 9.03. The van der Waals surface area contributed by atoms with Gasteiger partial charge in [-0.15, -0.1) is 0 Å². The SMILES string of the molecule is CCN(C(=O)C1CCC(C(=O)O)CC1)c1cccc(C)c1. The van der Waals surface area contributed by atoms with E-state index in [0.29, 0.717) is 32.2 Å². The summed E-state index contributed by atoms with van der Waals surface area (Å²) in [5.74, 6) is -0.914. The molecule has 21 heavy (non-hydrogen) atoms. The molecule has 0 bridgehead atoms. The Hall–Kier alpha value is -1.84. The Balaban J connectivity index is 2.06. The van der Waals surface area contributed by atoms with Gasteiger partial charge in [0, 0.05) is 18.2 Å². The summed E-state index contributed by atoms with van der Waals surface area (Å²) in [5.41, 5.74) is 2.07. The number of aryl methyl sites for hydroxylation is 1. The van der Waals surface area contributed by atoms with Crippen LogP contribution >= 0.6 is 0 Å². The number of anilines is 1. The van der Waals surface area contributed by atoms with Crippen LogP contribution in [0, 0.1) is 18.8 Å². The largest absolute Gasteiger partial charge is 0.481 e. The van der Waals surface area contributed by atoms with Crippen molar-refractivity contribution in [3.8, 4) is 0 Å². The number of nitrogens with zero attached hydrogens (tertiary/aromatic N) is 1. The molecule has 1 aliphatic carbocycles. The molecule has 1 aromatic carbocycles. The maximum Gasteiger partial charge on any atom is 0.306 e. The molecule has 0 atom stereocenters.